The fourth-order valence-corrected chi connectivity index (χ4v) is 4.55. The molecule has 1 N–H and O–H groups in total. The summed E-state index contributed by atoms with van der Waals surface area (Å²) in [6, 6.07) is 11.8. The quantitative estimate of drug-likeness (QED) is 0.536. The minimum Gasteiger partial charge on any atom is -0.346 e. The van der Waals surface area contributed by atoms with E-state index in [4.69, 9.17) is 4.98 Å². The molecule has 0 radical (unpaired) electrons. The van der Waals surface area contributed by atoms with E-state index < -0.39 is 0 Å². The number of piperidine rings is 1. The van der Waals surface area contributed by atoms with E-state index in [-0.39, 0.29) is 11.8 Å². The molecule has 5 rings (SSSR count). The third kappa shape index (κ3) is 3.61. The van der Waals surface area contributed by atoms with Crippen LogP contribution in [0, 0.1) is 0 Å². The molecule has 0 aromatic carbocycles. The number of rotatable bonds is 4. The Hall–Kier alpha value is -3.39. The van der Waals surface area contributed by atoms with Gasteiger partial charge in [-0.15, -0.1) is 0 Å². The zero-order valence-corrected chi connectivity index (χ0v) is 17.3. The number of nitrogens with zero attached hydrogens (tertiary/aromatic N) is 5. The zero-order valence-electron chi connectivity index (χ0n) is 16.4. The Morgan fingerprint density at radius 2 is 1.97 bits per heavy atom. The number of fused-ring (bicyclic) bond motifs is 1. The second-order valence-electron chi connectivity index (χ2n) is 7.35. The van der Waals surface area contributed by atoms with Crippen LogP contribution in [0.5, 0.6) is 0 Å². The summed E-state index contributed by atoms with van der Waals surface area (Å²) in [7, 11) is 1.86. The summed E-state index contributed by atoms with van der Waals surface area (Å²) in [5.74, 6) is 1.10. The van der Waals surface area contributed by atoms with Gasteiger partial charge in [0.25, 0.3) is 0 Å². The Labute approximate surface area is 177 Å². The van der Waals surface area contributed by atoms with Gasteiger partial charge in [0.05, 0.1) is 5.69 Å². The second-order valence-corrected chi connectivity index (χ2v) is 8.32. The van der Waals surface area contributed by atoms with Crippen molar-refractivity contribution >= 4 is 38.5 Å². The normalized spacial score (nSPS) is 16.8. The molecule has 1 amide bonds. The van der Waals surface area contributed by atoms with Gasteiger partial charge in [0.1, 0.15) is 16.2 Å². The number of hydrogen-bond acceptors (Lipinski definition) is 7. The third-order valence-electron chi connectivity index (χ3n) is 5.40. The summed E-state index contributed by atoms with van der Waals surface area (Å²) < 4.78 is 0. The summed E-state index contributed by atoms with van der Waals surface area (Å²) >= 11 is 1.49. The molecule has 0 saturated carbocycles. The highest BCUT2D eigenvalue weighted by molar-refractivity contribution is 7.21. The van der Waals surface area contributed by atoms with Crippen LogP contribution in [0.15, 0.2) is 55.0 Å². The van der Waals surface area contributed by atoms with Crippen molar-refractivity contribution in [1.29, 1.82) is 0 Å². The molecule has 1 aliphatic rings. The highest BCUT2D eigenvalue weighted by Gasteiger charge is 2.26. The van der Waals surface area contributed by atoms with E-state index in [1.54, 1.807) is 23.5 Å². The van der Waals surface area contributed by atoms with E-state index in [9.17, 15) is 4.79 Å². The summed E-state index contributed by atoms with van der Waals surface area (Å²) in [6.07, 6.45) is 6.72. The molecule has 1 saturated heterocycles. The Kier molecular flexibility index (Phi) is 4.84. The highest BCUT2D eigenvalue weighted by atomic mass is 32.1. The van der Waals surface area contributed by atoms with Gasteiger partial charge in [-0.1, -0.05) is 17.4 Å². The van der Waals surface area contributed by atoms with Gasteiger partial charge < -0.3 is 10.2 Å². The van der Waals surface area contributed by atoms with Crippen LogP contribution in [0.4, 0.5) is 10.9 Å². The molecule has 1 unspecified atom stereocenters. The maximum absolute atomic E-state index is 12.2. The van der Waals surface area contributed by atoms with Crippen LogP contribution in [0.1, 0.15) is 24.3 Å². The lowest BCUT2D eigenvalue weighted by Crippen LogP contribution is -2.34. The number of hydrogen-bond donors (Lipinski definition) is 1. The number of carbonyl (C=O) groups excluding carboxylic acids is 1. The molecule has 0 aliphatic carbocycles. The van der Waals surface area contributed by atoms with Crippen molar-refractivity contribution in [3.63, 3.8) is 0 Å². The van der Waals surface area contributed by atoms with Crippen molar-refractivity contribution in [3.05, 3.63) is 60.6 Å². The lowest BCUT2D eigenvalue weighted by Gasteiger charge is -2.29. The van der Waals surface area contributed by atoms with Crippen molar-refractivity contribution in [2.45, 2.75) is 18.8 Å². The molecule has 0 bridgehead atoms. The van der Waals surface area contributed by atoms with Crippen LogP contribution in [-0.4, -0.2) is 44.3 Å². The van der Waals surface area contributed by atoms with E-state index in [0.717, 1.165) is 51.1 Å². The van der Waals surface area contributed by atoms with Gasteiger partial charge in [0, 0.05) is 44.2 Å². The van der Waals surface area contributed by atoms with E-state index in [1.807, 2.05) is 43.4 Å². The van der Waals surface area contributed by atoms with Gasteiger partial charge in [-0.05, 0) is 48.2 Å². The SMILES string of the molecule is CN1CCC(c2cccnc2Nc2nc3ccc(-c4ccncc4)nc3s2)CC1=O. The molecule has 30 heavy (non-hydrogen) atoms. The molecular weight excluding hydrogens is 396 g/mol. The number of nitrogens with one attached hydrogen (secondary N) is 1. The van der Waals surface area contributed by atoms with Crippen LogP contribution < -0.4 is 5.32 Å². The highest BCUT2D eigenvalue weighted by Crippen LogP contribution is 2.35. The Morgan fingerprint density at radius 3 is 2.80 bits per heavy atom. The molecule has 150 valence electrons. The molecule has 5 heterocycles. The van der Waals surface area contributed by atoms with Gasteiger partial charge in [0.15, 0.2) is 5.13 Å². The van der Waals surface area contributed by atoms with Crippen LogP contribution in [0.3, 0.4) is 0 Å². The van der Waals surface area contributed by atoms with Gasteiger partial charge in [0.2, 0.25) is 5.91 Å². The molecule has 0 spiro atoms. The molecule has 1 fully saturated rings. The van der Waals surface area contributed by atoms with Crippen molar-refractivity contribution in [2.24, 2.45) is 0 Å². The van der Waals surface area contributed by atoms with E-state index in [2.05, 4.69) is 20.3 Å². The fraction of sp³-hybridized carbons (Fsp3) is 0.227. The molecule has 7 nitrogen and oxygen atoms in total. The van der Waals surface area contributed by atoms with E-state index >= 15 is 0 Å². The molecule has 1 aliphatic heterocycles. The Morgan fingerprint density at radius 1 is 1.10 bits per heavy atom. The summed E-state index contributed by atoms with van der Waals surface area (Å²) in [6.45, 7) is 0.765. The minimum absolute atomic E-state index is 0.163. The topological polar surface area (TPSA) is 83.9 Å². The maximum Gasteiger partial charge on any atom is 0.222 e. The average molecular weight is 417 g/mol. The third-order valence-corrected chi connectivity index (χ3v) is 6.28. The summed E-state index contributed by atoms with van der Waals surface area (Å²) in [5, 5.41) is 4.11. The predicted octanol–water partition coefficient (Wildman–Crippen LogP) is 4.23. The lowest BCUT2D eigenvalue weighted by atomic mass is 9.89. The van der Waals surface area contributed by atoms with Crippen LogP contribution in [0.25, 0.3) is 21.6 Å². The maximum atomic E-state index is 12.2. The standard InChI is InChI=1S/C22H20N6OS/c1-28-12-8-15(13-19(28)29)16-3-2-9-24-20(16)27-22-26-18-5-4-17(25-21(18)30-22)14-6-10-23-11-7-14/h2-7,9-11,15H,8,12-13H2,1H3,(H,24,26,27). The summed E-state index contributed by atoms with van der Waals surface area (Å²) in [5.41, 5.74) is 3.81. The fourth-order valence-electron chi connectivity index (χ4n) is 3.72. The Bertz CT molecular complexity index is 1210. The number of anilines is 2. The van der Waals surface area contributed by atoms with Gasteiger partial charge in [-0.3, -0.25) is 9.78 Å². The number of thiazole rings is 1. The summed E-state index contributed by atoms with van der Waals surface area (Å²) in [4.78, 5) is 32.9. The van der Waals surface area contributed by atoms with Crippen molar-refractivity contribution in [2.75, 3.05) is 18.9 Å². The van der Waals surface area contributed by atoms with Crippen molar-refractivity contribution in [1.82, 2.24) is 24.8 Å². The monoisotopic (exact) mass is 416 g/mol. The van der Waals surface area contributed by atoms with Gasteiger partial charge in [-0.2, -0.15) is 0 Å². The lowest BCUT2D eigenvalue weighted by molar-refractivity contribution is -0.132. The van der Waals surface area contributed by atoms with E-state index in [1.165, 1.54) is 11.3 Å². The van der Waals surface area contributed by atoms with Crippen LogP contribution in [-0.2, 0) is 4.79 Å². The smallest absolute Gasteiger partial charge is 0.222 e. The first-order chi connectivity index (χ1) is 14.7. The first-order valence-corrected chi connectivity index (χ1v) is 10.6. The number of carbonyl (C=O) groups is 1. The van der Waals surface area contributed by atoms with Crippen LogP contribution in [0.2, 0.25) is 0 Å². The van der Waals surface area contributed by atoms with Crippen molar-refractivity contribution < 1.29 is 4.79 Å². The Balaban J connectivity index is 1.43. The number of amides is 1. The molecule has 1 atom stereocenters. The zero-order chi connectivity index (χ0) is 20.5. The number of likely N-dealkylation sites (tertiary alicyclic amines) is 1. The van der Waals surface area contributed by atoms with Gasteiger partial charge in [-0.25, -0.2) is 15.0 Å². The number of aromatic nitrogens is 4. The first kappa shape index (κ1) is 18.6. The molecule has 4 aromatic rings. The minimum atomic E-state index is 0.163. The van der Waals surface area contributed by atoms with Gasteiger partial charge >= 0.3 is 0 Å². The van der Waals surface area contributed by atoms with Crippen molar-refractivity contribution in [3.8, 4) is 11.3 Å². The van der Waals surface area contributed by atoms with E-state index in [0.29, 0.717) is 6.42 Å². The first-order valence-electron chi connectivity index (χ1n) is 9.81. The second kappa shape index (κ2) is 7.79. The molecule has 8 heteroatoms. The molecule has 4 aromatic heterocycles. The predicted molar refractivity (Wildman–Crippen MR) is 118 cm³/mol. The average Bonchev–Trinajstić information content (AvgIpc) is 3.18. The van der Waals surface area contributed by atoms with Crippen LogP contribution >= 0.6 is 11.3 Å². The number of pyridine rings is 3. The largest absolute Gasteiger partial charge is 0.346 e. The molecular formula is C22H20N6OS.